The summed E-state index contributed by atoms with van der Waals surface area (Å²) < 4.78 is 0. The van der Waals surface area contributed by atoms with Crippen LogP contribution in [0, 0.1) is 6.92 Å². The highest BCUT2D eigenvalue weighted by Crippen LogP contribution is 2.08. The Morgan fingerprint density at radius 3 is 3.00 bits per heavy atom. The Kier molecular flexibility index (Phi) is 2.16. The lowest BCUT2D eigenvalue weighted by Gasteiger charge is -1.90. The monoisotopic (exact) mass is 142 g/mol. The second-order valence-corrected chi connectivity index (χ2v) is 2.77. The number of aromatic amines is 1. The van der Waals surface area contributed by atoms with Crippen LogP contribution in [0.5, 0.6) is 0 Å². The molecule has 0 saturated carbocycles. The summed E-state index contributed by atoms with van der Waals surface area (Å²) >= 11 is 1.79. The van der Waals surface area contributed by atoms with E-state index in [0.29, 0.717) is 0 Å². The van der Waals surface area contributed by atoms with Crippen LogP contribution in [-0.4, -0.2) is 16.2 Å². The lowest BCUT2D eigenvalue weighted by atomic mass is 10.4. The molecule has 3 heteroatoms. The van der Waals surface area contributed by atoms with Crippen molar-refractivity contribution in [3.05, 3.63) is 17.7 Å². The minimum atomic E-state index is 1.01. The molecule has 0 aliphatic heterocycles. The normalized spacial score (nSPS) is 10.0. The first-order chi connectivity index (χ1) is 4.34. The number of aromatic nitrogens is 2. The molecule has 0 radical (unpaired) electrons. The molecule has 1 aromatic heterocycles. The third kappa shape index (κ3) is 1.48. The first-order valence-corrected chi connectivity index (χ1v) is 4.21. The Morgan fingerprint density at radius 1 is 1.78 bits per heavy atom. The molecule has 0 fully saturated rings. The number of hydrogen-bond donors (Lipinski definition) is 1. The van der Waals surface area contributed by atoms with Crippen LogP contribution in [0.1, 0.15) is 11.4 Å². The molecule has 0 unspecified atom stereocenters. The van der Waals surface area contributed by atoms with Crippen LogP contribution >= 0.6 is 11.8 Å². The molecule has 9 heavy (non-hydrogen) atoms. The molecule has 50 valence electrons. The fraction of sp³-hybridized carbons (Fsp3) is 0.500. The number of nitrogens with one attached hydrogen (secondary N) is 1. The third-order valence-electron chi connectivity index (χ3n) is 1.22. The summed E-state index contributed by atoms with van der Waals surface area (Å²) in [5, 5.41) is 0. The minimum absolute atomic E-state index is 1.01. The zero-order chi connectivity index (χ0) is 6.69. The molecule has 0 atom stereocenters. The smallest absolute Gasteiger partial charge is 0.0925 e. The highest BCUT2D eigenvalue weighted by atomic mass is 32.2. The van der Waals surface area contributed by atoms with Gasteiger partial charge in [0.05, 0.1) is 12.0 Å². The van der Waals surface area contributed by atoms with Crippen molar-refractivity contribution >= 4 is 11.8 Å². The molecule has 2 nitrogen and oxygen atoms in total. The second kappa shape index (κ2) is 2.92. The van der Waals surface area contributed by atoms with E-state index in [0.717, 1.165) is 5.75 Å². The minimum Gasteiger partial charge on any atom is -0.348 e. The average Bonchev–Trinajstić information content (AvgIpc) is 2.18. The van der Waals surface area contributed by atoms with E-state index in [2.05, 4.69) is 16.2 Å². The van der Waals surface area contributed by atoms with Gasteiger partial charge in [-0.3, -0.25) is 0 Å². The summed E-state index contributed by atoms with van der Waals surface area (Å²) in [5.41, 5.74) is 2.35. The zero-order valence-corrected chi connectivity index (χ0v) is 6.46. The van der Waals surface area contributed by atoms with Crippen LogP contribution in [0.25, 0.3) is 0 Å². The molecule has 1 N–H and O–H groups in total. The Hall–Kier alpha value is -0.440. The number of H-pyrrole nitrogens is 1. The van der Waals surface area contributed by atoms with E-state index in [-0.39, 0.29) is 0 Å². The highest BCUT2D eigenvalue weighted by Gasteiger charge is 1.96. The van der Waals surface area contributed by atoms with Crippen LogP contribution in [0.15, 0.2) is 6.33 Å². The number of hydrogen-bond acceptors (Lipinski definition) is 2. The van der Waals surface area contributed by atoms with Crippen molar-refractivity contribution in [3.63, 3.8) is 0 Å². The number of thioether (sulfide) groups is 1. The van der Waals surface area contributed by atoms with Gasteiger partial charge in [0.2, 0.25) is 0 Å². The zero-order valence-electron chi connectivity index (χ0n) is 5.64. The van der Waals surface area contributed by atoms with Gasteiger partial charge in [0.1, 0.15) is 0 Å². The average molecular weight is 142 g/mol. The van der Waals surface area contributed by atoms with Crippen LogP contribution in [-0.2, 0) is 5.75 Å². The molecule has 0 saturated heterocycles. The lowest BCUT2D eigenvalue weighted by Crippen LogP contribution is -1.82. The molecule has 0 aliphatic rings. The van der Waals surface area contributed by atoms with E-state index in [4.69, 9.17) is 0 Å². The molecular weight excluding hydrogens is 132 g/mol. The standard InChI is InChI=1S/C6H10N2S/c1-5-6(3-9-2)8-4-7-5/h4H,3H2,1-2H3,(H,7,8). The third-order valence-corrected chi connectivity index (χ3v) is 1.78. The van der Waals surface area contributed by atoms with Gasteiger partial charge in [0.15, 0.2) is 0 Å². The Balaban J connectivity index is 2.69. The maximum absolute atomic E-state index is 4.13. The molecule has 0 amide bonds. The lowest BCUT2D eigenvalue weighted by molar-refractivity contribution is 1.19. The topological polar surface area (TPSA) is 28.7 Å². The predicted molar refractivity (Wildman–Crippen MR) is 40.5 cm³/mol. The van der Waals surface area contributed by atoms with E-state index in [1.165, 1.54) is 11.4 Å². The fourth-order valence-corrected chi connectivity index (χ4v) is 1.23. The van der Waals surface area contributed by atoms with Gasteiger partial charge in [-0.25, -0.2) is 4.98 Å². The number of nitrogens with zero attached hydrogens (tertiary/aromatic N) is 1. The molecule has 0 aromatic carbocycles. The molecule has 1 heterocycles. The van der Waals surface area contributed by atoms with Crippen molar-refractivity contribution in [2.24, 2.45) is 0 Å². The molecule has 0 bridgehead atoms. The van der Waals surface area contributed by atoms with Crippen molar-refractivity contribution in [2.75, 3.05) is 6.26 Å². The molecule has 0 aliphatic carbocycles. The van der Waals surface area contributed by atoms with Gasteiger partial charge < -0.3 is 4.98 Å². The SMILES string of the molecule is CSCc1nc[nH]c1C. The number of aryl methyl sites for hydroxylation is 1. The van der Waals surface area contributed by atoms with E-state index in [1.807, 2.05) is 6.92 Å². The van der Waals surface area contributed by atoms with E-state index >= 15 is 0 Å². The molecular formula is C6H10N2S. The van der Waals surface area contributed by atoms with Gasteiger partial charge in [-0.1, -0.05) is 0 Å². The van der Waals surface area contributed by atoms with Gasteiger partial charge in [0.25, 0.3) is 0 Å². The Labute approximate surface area is 59.1 Å². The summed E-state index contributed by atoms with van der Waals surface area (Å²) in [6.07, 6.45) is 3.81. The van der Waals surface area contributed by atoms with Gasteiger partial charge in [-0.05, 0) is 13.2 Å². The summed E-state index contributed by atoms with van der Waals surface area (Å²) in [4.78, 5) is 7.16. The van der Waals surface area contributed by atoms with Crippen molar-refractivity contribution < 1.29 is 0 Å². The van der Waals surface area contributed by atoms with Crippen LogP contribution in [0.3, 0.4) is 0 Å². The largest absolute Gasteiger partial charge is 0.348 e. The van der Waals surface area contributed by atoms with Crippen molar-refractivity contribution in [3.8, 4) is 0 Å². The van der Waals surface area contributed by atoms with Gasteiger partial charge >= 0.3 is 0 Å². The maximum Gasteiger partial charge on any atom is 0.0925 e. The fourth-order valence-electron chi connectivity index (χ4n) is 0.669. The van der Waals surface area contributed by atoms with E-state index < -0.39 is 0 Å². The molecule has 1 aromatic rings. The van der Waals surface area contributed by atoms with Gasteiger partial charge in [0, 0.05) is 11.4 Å². The quantitative estimate of drug-likeness (QED) is 0.679. The first-order valence-electron chi connectivity index (χ1n) is 2.82. The van der Waals surface area contributed by atoms with Crippen molar-refractivity contribution in [1.29, 1.82) is 0 Å². The summed E-state index contributed by atoms with van der Waals surface area (Å²) in [7, 11) is 0. The van der Waals surface area contributed by atoms with Gasteiger partial charge in [-0.15, -0.1) is 0 Å². The van der Waals surface area contributed by atoms with Crippen molar-refractivity contribution in [1.82, 2.24) is 9.97 Å². The molecule has 0 spiro atoms. The van der Waals surface area contributed by atoms with Crippen LogP contribution in [0.2, 0.25) is 0 Å². The predicted octanol–water partition coefficient (Wildman–Crippen LogP) is 1.58. The second-order valence-electron chi connectivity index (χ2n) is 1.91. The van der Waals surface area contributed by atoms with E-state index in [9.17, 15) is 0 Å². The summed E-state index contributed by atoms with van der Waals surface area (Å²) in [6.45, 7) is 2.04. The van der Waals surface area contributed by atoms with Crippen LogP contribution < -0.4 is 0 Å². The highest BCUT2D eigenvalue weighted by molar-refractivity contribution is 7.97. The summed E-state index contributed by atoms with van der Waals surface area (Å²) in [6, 6.07) is 0. The number of rotatable bonds is 2. The Morgan fingerprint density at radius 2 is 2.56 bits per heavy atom. The summed E-state index contributed by atoms with van der Waals surface area (Å²) in [5.74, 6) is 1.01. The van der Waals surface area contributed by atoms with E-state index in [1.54, 1.807) is 18.1 Å². The number of imidazole rings is 1. The Bertz CT molecular complexity index is 183. The van der Waals surface area contributed by atoms with Gasteiger partial charge in [-0.2, -0.15) is 11.8 Å². The van der Waals surface area contributed by atoms with Crippen molar-refractivity contribution in [2.45, 2.75) is 12.7 Å². The maximum atomic E-state index is 4.13. The van der Waals surface area contributed by atoms with Crippen LogP contribution in [0.4, 0.5) is 0 Å². The first kappa shape index (κ1) is 6.68. The molecule has 1 rings (SSSR count).